The van der Waals surface area contributed by atoms with Crippen LogP contribution in [0.3, 0.4) is 0 Å². The summed E-state index contributed by atoms with van der Waals surface area (Å²) in [6.45, 7) is 7.87. The van der Waals surface area contributed by atoms with Gasteiger partial charge in [-0.25, -0.2) is 0 Å². The smallest absolute Gasteiger partial charge is 0.295 e. The molecule has 188 valence electrons. The van der Waals surface area contributed by atoms with Crippen molar-refractivity contribution in [1.82, 2.24) is 4.90 Å². The van der Waals surface area contributed by atoms with E-state index in [-0.39, 0.29) is 11.3 Å². The van der Waals surface area contributed by atoms with E-state index in [4.69, 9.17) is 9.47 Å². The van der Waals surface area contributed by atoms with Gasteiger partial charge in [-0.2, -0.15) is 0 Å². The van der Waals surface area contributed by atoms with E-state index in [0.717, 1.165) is 44.1 Å². The van der Waals surface area contributed by atoms with Crippen LogP contribution >= 0.6 is 0 Å². The molecule has 0 aromatic heterocycles. The first-order chi connectivity index (χ1) is 17.0. The van der Waals surface area contributed by atoms with Gasteiger partial charge in [0, 0.05) is 12.1 Å². The number of aliphatic hydroxyl groups is 1. The Labute approximate surface area is 208 Å². The van der Waals surface area contributed by atoms with E-state index in [1.54, 1.807) is 29.2 Å². The molecule has 35 heavy (non-hydrogen) atoms. The first kappa shape index (κ1) is 26.3. The Morgan fingerprint density at radius 1 is 0.857 bits per heavy atom. The summed E-state index contributed by atoms with van der Waals surface area (Å²) in [6, 6.07) is 13.8. The molecule has 3 rings (SSSR count). The normalized spacial score (nSPS) is 17.1. The Morgan fingerprint density at radius 2 is 1.57 bits per heavy atom. The molecule has 1 saturated heterocycles. The summed E-state index contributed by atoms with van der Waals surface area (Å²) in [5.74, 6) is -0.0396. The third-order valence-electron chi connectivity index (χ3n) is 6.08. The second kappa shape index (κ2) is 13.0. The molecule has 1 amide bonds. The van der Waals surface area contributed by atoms with Crippen molar-refractivity contribution < 1.29 is 24.2 Å². The lowest BCUT2D eigenvalue weighted by Crippen LogP contribution is -2.30. The number of benzene rings is 2. The average Bonchev–Trinajstić information content (AvgIpc) is 3.13. The zero-order valence-corrected chi connectivity index (χ0v) is 21.1. The second-order valence-electron chi connectivity index (χ2n) is 8.85. The highest BCUT2D eigenvalue weighted by atomic mass is 16.5. The molecule has 0 bridgehead atoms. The Bertz CT molecular complexity index is 1030. The first-order valence-corrected chi connectivity index (χ1v) is 12.8. The topological polar surface area (TPSA) is 76.1 Å². The van der Waals surface area contributed by atoms with Crippen LogP contribution in [0.4, 0.5) is 0 Å². The van der Waals surface area contributed by atoms with Crippen LogP contribution in [-0.2, 0) is 9.59 Å². The monoisotopic (exact) mass is 479 g/mol. The van der Waals surface area contributed by atoms with Crippen LogP contribution in [0.2, 0.25) is 0 Å². The highest BCUT2D eigenvalue weighted by molar-refractivity contribution is 6.46. The molecule has 1 fully saturated rings. The third kappa shape index (κ3) is 6.44. The predicted octanol–water partition coefficient (Wildman–Crippen LogP) is 6.27. The van der Waals surface area contributed by atoms with Gasteiger partial charge in [-0.1, -0.05) is 52.2 Å². The zero-order chi connectivity index (χ0) is 25.2. The minimum absolute atomic E-state index is 0.107. The molecule has 1 unspecified atom stereocenters. The molecule has 2 aromatic rings. The van der Waals surface area contributed by atoms with E-state index in [1.165, 1.54) is 0 Å². The van der Waals surface area contributed by atoms with Crippen LogP contribution in [0, 0.1) is 0 Å². The third-order valence-corrected chi connectivity index (χ3v) is 6.08. The largest absolute Gasteiger partial charge is 0.507 e. The fourth-order valence-electron chi connectivity index (χ4n) is 4.19. The molecule has 6 heteroatoms. The van der Waals surface area contributed by atoms with Crippen molar-refractivity contribution >= 4 is 17.4 Å². The molecule has 0 saturated carbocycles. The van der Waals surface area contributed by atoms with E-state index in [0.29, 0.717) is 36.8 Å². The summed E-state index contributed by atoms with van der Waals surface area (Å²) in [7, 11) is 0. The number of hydrogen-bond donors (Lipinski definition) is 1. The Kier molecular flexibility index (Phi) is 9.76. The van der Waals surface area contributed by atoms with E-state index < -0.39 is 17.7 Å². The van der Waals surface area contributed by atoms with Crippen molar-refractivity contribution in [3.63, 3.8) is 0 Å². The number of hydrogen-bond acceptors (Lipinski definition) is 5. The molecule has 6 nitrogen and oxygen atoms in total. The van der Waals surface area contributed by atoms with Crippen molar-refractivity contribution in [2.24, 2.45) is 0 Å². The highest BCUT2D eigenvalue weighted by Crippen LogP contribution is 2.40. The molecule has 1 N–H and O–H groups in total. The highest BCUT2D eigenvalue weighted by Gasteiger charge is 2.45. The van der Waals surface area contributed by atoms with E-state index in [1.807, 2.05) is 38.1 Å². The molecule has 0 spiro atoms. The summed E-state index contributed by atoms with van der Waals surface area (Å²) in [6.07, 6.45) is 5.75. The maximum Gasteiger partial charge on any atom is 0.295 e. The molecule has 1 aliphatic rings. The summed E-state index contributed by atoms with van der Waals surface area (Å²) in [5.41, 5.74) is 1.32. The lowest BCUT2D eigenvalue weighted by Gasteiger charge is -2.25. The number of carbonyl (C=O) groups excluding carboxylic acids is 2. The Balaban J connectivity index is 1.96. The number of amides is 1. The summed E-state index contributed by atoms with van der Waals surface area (Å²) in [5, 5.41) is 11.2. The molecular formula is C29H37NO5. The van der Waals surface area contributed by atoms with Gasteiger partial charge in [0.25, 0.3) is 11.7 Å². The van der Waals surface area contributed by atoms with E-state index >= 15 is 0 Å². The van der Waals surface area contributed by atoms with Crippen LogP contribution in [0.15, 0.2) is 54.1 Å². The predicted molar refractivity (Wildman–Crippen MR) is 138 cm³/mol. The van der Waals surface area contributed by atoms with Crippen LogP contribution in [-0.4, -0.2) is 41.5 Å². The minimum atomic E-state index is -0.670. The average molecular weight is 480 g/mol. The van der Waals surface area contributed by atoms with Gasteiger partial charge in [0.15, 0.2) is 0 Å². The van der Waals surface area contributed by atoms with Gasteiger partial charge < -0.3 is 19.5 Å². The molecule has 1 atom stereocenters. The van der Waals surface area contributed by atoms with Gasteiger partial charge in [0.05, 0.1) is 24.8 Å². The molecule has 1 aliphatic heterocycles. The van der Waals surface area contributed by atoms with Crippen molar-refractivity contribution in [3.05, 3.63) is 65.2 Å². The molecule has 2 aromatic carbocycles. The number of rotatable bonds is 13. The Morgan fingerprint density at radius 3 is 2.26 bits per heavy atom. The van der Waals surface area contributed by atoms with Gasteiger partial charge in [-0.3, -0.25) is 9.59 Å². The summed E-state index contributed by atoms with van der Waals surface area (Å²) < 4.78 is 11.5. The number of likely N-dealkylation sites (tertiary alicyclic amines) is 1. The number of aliphatic hydroxyl groups excluding tert-OH is 1. The van der Waals surface area contributed by atoms with Gasteiger partial charge in [0.2, 0.25) is 0 Å². The second-order valence-corrected chi connectivity index (χ2v) is 8.85. The van der Waals surface area contributed by atoms with Crippen molar-refractivity contribution in [1.29, 1.82) is 0 Å². The van der Waals surface area contributed by atoms with Gasteiger partial charge in [-0.05, 0) is 61.2 Å². The van der Waals surface area contributed by atoms with Crippen LogP contribution in [0.1, 0.15) is 76.5 Å². The quantitative estimate of drug-likeness (QED) is 0.159. The fourth-order valence-corrected chi connectivity index (χ4v) is 4.19. The summed E-state index contributed by atoms with van der Waals surface area (Å²) >= 11 is 0. The molecule has 0 aliphatic carbocycles. The first-order valence-electron chi connectivity index (χ1n) is 12.8. The maximum absolute atomic E-state index is 13.1. The number of ether oxygens (including phenoxy) is 2. The zero-order valence-electron chi connectivity index (χ0n) is 21.1. The van der Waals surface area contributed by atoms with Crippen molar-refractivity contribution in [2.45, 2.75) is 65.3 Å². The van der Waals surface area contributed by atoms with Gasteiger partial charge in [0.1, 0.15) is 17.3 Å². The SMILES string of the molecule is CCCCCOc1ccc(/C(O)=C2/C(=O)C(=O)N(CCCC)C2c2cccc(OCCC)c2)cc1. The van der Waals surface area contributed by atoms with Crippen molar-refractivity contribution in [2.75, 3.05) is 19.8 Å². The van der Waals surface area contributed by atoms with Gasteiger partial charge in [-0.15, -0.1) is 0 Å². The van der Waals surface area contributed by atoms with Gasteiger partial charge >= 0.3 is 0 Å². The maximum atomic E-state index is 13.1. The molecular weight excluding hydrogens is 442 g/mol. The van der Waals surface area contributed by atoms with E-state index in [9.17, 15) is 14.7 Å². The summed E-state index contributed by atoms with van der Waals surface area (Å²) in [4.78, 5) is 27.7. The molecule has 1 heterocycles. The number of ketones is 1. The van der Waals surface area contributed by atoms with Crippen LogP contribution < -0.4 is 9.47 Å². The lowest BCUT2D eigenvalue weighted by molar-refractivity contribution is -0.139. The fraction of sp³-hybridized carbons (Fsp3) is 0.448. The molecule has 0 radical (unpaired) electrons. The number of Topliss-reactive ketones (excluding diaryl/α,β-unsaturated/α-hetero) is 1. The van der Waals surface area contributed by atoms with Crippen molar-refractivity contribution in [3.8, 4) is 11.5 Å². The number of carbonyl (C=O) groups is 2. The van der Waals surface area contributed by atoms with Crippen LogP contribution in [0.25, 0.3) is 5.76 Å². The number of nitrogens with zero attached hydrogens (tertiary/aromatic N) is 1. The Hall–Kier alpha value is -3.28. The lowest BCUT2D eigenvalue weighted by atomic mass is 9.95. The van der Waals surface area contributed by atoms with Crippen LogP contribution in [0.5, 0.6) is 11.5 Å². The number of unbranched alkanes of at least 4 members (excludes halogenated alkanes) is 3. The minimum Gasteiger partial charge on any atom is -0.507 e. The van der Waals surface area contributed by atoms with E-state index in [2.05, 4.69) is 6.92 Å². The standard InChI is InChI=1S/C29H37NO5/c1-4-7-9-19-35-23-15-13-21(14-16-23)27(31)25-26(30(17-8-5-2)29(33)28(25)32)22-11-10-12-24(20-22)34-18-6-3/h10-16,20,26,31H,4-9,17-19H2,1-3H3/b27-25-.